The number of carbonyl (C=O) groups excluding carboxylic acids is 2. The first-order valence-electron chi connectivity index (χ1n) is 12.6. The number of benzene rings is 2. The van der Waals surface area contributed by atoms with Crippen molar-refractivity contribution >= 4 is 11.8 Å². The summed E-state index contributed by atoms with van der Waals surface area (Å²) in [7, 11) is 0. The summed E-state index contributed by atoms with van der Waals surface area (Å²) in [5.41, 5.74) is 4.48. The molecule has 5 heteroatoms. The summed E-state index contributed by atoms with van der Waals surface area (Å²) in [6.07, 6.45) is 5.96. The van der Waals surface area contributed by atoms with Crippen LogP contribution in [0.15, 0.2) is 66.7 Å². The lowest BCUT2D eigenvalue weighted by atomic mass is 10.0. The SMILES string of the molecule is CC[C@@H](NC(=O)c1cc(C(=O)N[C@@H](c2ccccc2)C2CC2)n2c1CCCC2)c1ccccc1. The van der Waals surface area contributed by atoms with Crippen LogP contribution in [0.3, 0.4) is 0 Å². The van der Waals surface area contributed by atoms with E-state index in [1.807, 2.05) is 54.6 Å². The lowest BCUT2D eigenvalue weighted by molar-refractivity contribution is 0.0918. The van der Waals surface area contributed by atoms with E-state index < -0.39 is 0 Å². The van der Waals surface area contributed by atoms with Crippen LogP contribution in [0.25, 0.3) is 0 Å². The number of hydrogen-bond donors (Lipinski definition) is 2. The number of amides is 2. The van der Waals surface area contributed by atoms with Gasteiger partial charge < -0.3 is 15.2 Å². The molecule has 3 aromatic rings. The molecule has 2 heterocycles. The summed E-state index contributed by atoms with van der Waals surface area (Å²) in [5.74, 6) is 0.307. The van der Waals surface area contributed by atoms with Gasteiger partial charge >= 0.3 is 0 Å². The number of rotatable bonds is 8. The van der Waals surface area contributed by atoms with Gasteiger partial charge in [0.05, 0.1) is 17.6 Å². The zero-order valence-electron chi connectivity index (χ0n) is 19.8. The molecule has 5 nitrogen and oxygen atoms in total. The second-order valence-electron chi connectivity index (χ2n) is 9.54. The first-order chi connectivity index (χ1) is 16.7. The van der Waals surface area contributed by atoms with Gasteiger partial charge in [0.25, 0.3) is 11.8 Å². The number of hydrogen-bond acceptors (Lipinski definition) is 2. The van der Waals surface area contributed by atoms with E-state index >= 15 is 0 Å². The maximum absolute atomic E-state index is 13.5. The van der Waals surface area contributed by atoms with Gasteiger partial charge in [-0.25, -0.2) is 0 Å². The van der Waals surface area contributed by atoms with Crippen LogP contribution >= 0.6 is 0 Å². The average Bonchev–Trinajstić information content (AvgIpc) is 3.66. The molecule has 2 atom stereocenters. The highest BCUT2D eigenvalue weighted by molar-refractivity contribution is 6.01. The van der Waals surface area contributed by atoms with Gasteiger partial charge in [-0.2, -0.15) is 0 Å². The fourth-order valence-electron chi connectivity index (χ4n) is 5.18. The van der Waals surface area contributed by atoms with Crippen LogP contribution in [0.2, 0.25) is 0 Å². The van der Waals surface area contributed by atoms with Crippen molar-refractivity contribution in [3.05, 3.63) is 94.8 Å². The summed E-state index contributed by atoms with van der Waals surface area (Å²) in [6, 6.07) is 22.1. The highest BCUT2D eigenvalue weighted by atomic mass is 16.2. The maximum atomic E-state index is 13.5. The first-order valence-corrected chi connectivity index (χ1v) is 12.6. The Kier molecular flexibility index (Phi) is 6.52. The summed E-state index contributed by atoms with van der Waals surface area (Å²) >= 11 is 0. The summed E-state index contributed by atoms with van der Waals surface area (Å²) in [5, 5.41) is 6.51. The molecular weight excluding hydrogens is 422 g/mol. The van der Waals surface area contributed by atoms with Gasteiger partial charge in [-0.3, -0.25) is 9.59 Å². The van der Waals surface area contributed by atoms with Crippen molar-refractivity contribution in [2.45, 2.75) is 64.1 Å². The second-order valence-corrected chi connectivity index (χ2v) is 9.54. The minimum atomic E-state index is -0.0952. The van der Waals surface area contributed by atoms with E-state index in [0.29, 0.717) is 17.2 Å². The minimum absolute atomic E-state index is 0.0169. The van der Waals surface area contributed by atoms with Crippen LogP contribution in [0.1, 0.15) is 88.8 Å². The number of nitrogens with zero attached hydrogens (tertiary/aromatic N) is 1. The molecule has 2 aromatic carbocycles. The molecule has 1 saturated carbocycles. The quantitative estimate of drug-likeness (QED) is 0.465. The maximum Gasteiger partial charge on any atom is 0.268 e. The number of nitrogens with one attached hydrogen (secondary N) is 2. The lowest BCUT2D eigenvalue weighted by Crippen LogP contribution is -2.32. The van der Waals surface area contributed by atoms with Crippen molar-refractivity contribution in [2.75, 3.05) is 0 Å². The third-order valence-electron chi connectivity index (χ3n) is 7.19. The van der Waals surface area contributed by atoms with E-state index in [2.05, 4.69) is 34.3 Å². The van der Waals surface area contributed by atoms with Gasteiger partial charge in [0.2, 0.25) is 0 Å². The van der Waals surface area contributed by atoms with Crippen molar-refractivity contribution in [2.24, 2.45) is 5.92 Å². The molecule has 0 bridgehead atoms. The third kappa shape index (κ3) is 4.65. The predicted molar refractivity (Wildman–Crippen MR) is 134 cm³/mol. The zero-order chi connectivity index (χ0) is 23.5. The van der Waals surface area contributed by atoms with Crippen molar-refractivity contribution in [3.63, 3.8) is 0 Å². The number of aromatic nitrogens is 1. The van der Waals surface area contributed by atoms with Crippen molar-refractivity contribution in [3.8, 4) is 0 Å². The van der Waals surface area contributed by atoms with E-state index in [4.69, 9.17) is 0 Å². The van der Waals surface area contributed by atoms with Crippen LogP contribution in [-0.4, -0.2) is 16.4 Å². The van der Waals surface area contributed by atoms with Crippen molar-refractivity contribution in [1.29, 1.82) is 0 Å². The Morgan fingerprint density at radius 3 is 2.24 bits per heavy atom. The fourth-order valence-corrected chi connectivity index (χ4v) is 5.18. The largest absolute Gasteiger partial charge is 0.345 e. The van der Waals surface area contributed by atoms with Gasteiger partial charge in [0.15, 0.2) is 0 Å². The highest BCUT2D eigenvalue weighted by Gasteiger charge is 2.35. The minimum Gasteiger partial charge on any atom is -0.345 e. The smallest absolute Gasteiger partial charge is 0.268 e. The molecule has 2 aliphatic rings. The Morgan fingerprint density at radius 1 is 0.912 bits per heavy atom. The van der Waals surface area contributed by atoms with Crippen LogP contribution in [0, 0.1) is 5.92 Å². The predicted octanol–water partition coefficient (Wildman–Crippen LogP) is 5.59. The summed E-state index contributed by atoms with van der Waals surface area (Å²) in [6.45, 7) is 2.86. The summed E-state index contributed by atoms with van der Waals surface area (Å²) in [4.78, 5) is 26.9. The molecule has 0 unspecified atom stereocenters. The molecule has 0 radical (unpaired) electrons. The number of fused-ring (bicyclic) bond motifs is 1. The van der Waals surface area contributed by atoms with E-state index in [0.717, 1.165) is 61.9 Å². The van der Waals surface area contributed by atoms with Gasteiger partial charge in [0, 0.05) is 12.2 Å². The van der Waals surface area contributed by atoms with Gasteiger partial charge in [-0.15, -0.1) is 0 Å². The topological polar surface area (TPSA) is 63.1 Å². The standard InChI is InChI=1S/C29H33N3O2/c1-2-24(20-11-5-3-6-12-20)30-28(33)23-19-26(32-18-10-9-15-25(23)32)29(34)31-27(22-16-17-22)21-13-7-4-8-14-21/h3-8,11-14,19,22,24,27H,2,9-10,15-18H2,1H3,(H,30,33)(H,31,34)/t24-,27+/m1/s1. The van der Waals surface area contributed by atoms with Gasteiger partial charge in [-0.1, -0.05) is 67.6 Å². The Bertz CT molecular complexity index is 1150. The second kappa shape index (κ2) is 9.88. The molecular formula is C29H33N3O2. The summed E-state index contributed by atoms with van der Waals surface area (Å²) < 4.78 is 2.08. The molecule has 5 rings (SSSR count). The van der Waals surface area contributed by atoms with E-state index in [1.165, 1.54) is 0 Å². The molecule has 34 heavy (non-hydrogen) atoms. The molecule has 1 aliphatic carbocycles. The number of carbonyl (C=O) groups is 2. The monoisotopic (exact) mass is 455 g/mol. The van der Waals surface area contributed by atoms with Crippen LogP contribution in [-0.2, 0) is 13.0 Å². The molecule has 0 spiro atoms. The van der Waals surface area contributed by atoms with Gasteiger partial charge in [0.1, 0.15) is 5.69 Å². The highest BCUT2D eigenvalue weighted by Crippen LogP contribution is 2.41. The molecule has 1 aromatic heterocycles. The molecule has 1 fully saturated rings. The van der Waals surface area contributed by atoms with Crippen LogP contribution in [0.5, 0.6) is 0 Å². The molecule has 2 amide bonds. The molecule has 0 saturated heterocycles. The van der Waals surface area contributed by atoms with Crippen molar-refractivity contribution < 1.29 is 9.59 Å². The molecule has 176 valence electrons. The van der Waals surface area contributed by atoms with Crippen LogP contribution < -0.4 is 10.6 Å². The normalized spacial score (nSPS) is 16.9. The Morgan fingerprint density at radius 2 is 1.59 bits per heavy atom. The van der Waals surface area contributed by atoms with Crippen LogP contribution in [0.4, 0.5) is 0 Å². The average molecular weight is 456 g/mol. The Hall–Kier alpha value is -3.34. The Balaban J connectivity index is 1.40. The Labute approximate surface area is 201 Å². The van der Waals surface area contributed by atoms with E-state index in [1.54, 1.807) is 0 Å². The van der Waals surface area contributed by atoms with Gasteiger partial charge in [-0.05, 0) is 61.6 Å². The zero-order valence-corrected chi connectivity index (χ0v) is 19.8. The van der Waals surface area contributed by atoms with E-state index in [9.17, 15) is 9.59 Å². The fraction of sp³-hybridized carbons (Fsp3) is 0.379. The van der Waals surface area contributed by atoms with E-state index in [-0.39, 0.29) is 23.9 Å². The molecule has 1 aliphatic heterocycles. The third-order valence-corrected chi connectivity index (χ3v) is 7.19. The lowest BCUT2D eigenvalue weighted by Gasteiger charge is -2.22. The molecule has 2 N–H and O–H groups in total. The first kappa shape index (κ1) is 22.5. The van der Waals surface area contributed by atoms with Crippen molar-refractivity contribution in [1.82, 2.24) is 15.2 Å².